The third-order valence-electron chi connectivity index (χ3n) is 2.71. The fourth-order valence-electron chi connectivity index (χ4n) is 1.73. The van der Waals surface area contributed by atoms with E-state index in [9.17, 15) is 12.8 Å². The molecule has 0 saturated carbocycles. The molecule has 0 radical (unpaired) electrons. The summed E-state index contributed by atoms with van der Waals surface area (Å²) in [4.78, 5) is 4.99. The van der Waals surface area contributed by atoms with Crippen LogP contribution in [0.3, 0.4) is 0 Å². The van der Waals surface area contributed by atoms with E-state index >= 15 is 0 Å². The number of rotatable bonds is 4. The van der Waals surface area contributed by atoms with Crippen LogP contribution in [0.1, 0.15) is 17.5 Å². The molecule has 1 heterocycles. The van der Waals surface area contributed by atoms with E-state index in [0.717, 1.165) is 35.2 Å². The minimum absolute atomic E-state index is 0.138. The largest absolute Gasteiger partial charge is 0.398 e. The van der Waals surface area contributed by atoms with Gasteiger partial charge in [-0.15, -0.1) is 11.3 Å². The van der Waals surface area contributed by atoms with Gasteiger partial charge in [-0.1, -0.05) is 6.92 Å². The topological polar surface area (TPSA) is 85.1 Å². The number of aromatic nitrogens is 1. The molecule has 3 N–H and O–H groups in total. The number of hydrogen-bond donors (Lipinski definition) is 2. The summed E-state index contributed by atoms with van der Waals surface area (Å²) in [5.41, 5.74) is 6.26. The third kappa shape index (κ3) is 2.91. The van der Waals surface area contributed by atoms with Crippen LogP contribution in [0, 0.1) is 12.7 Å². The first-order valence-corrected chi connectivity index (χ1v) is 8.17. The number of nitrogens with one attached hydrogen (secondary N) is 1. The van der Waals surface area contributed by atoms with Crippen LogP contribution in [-0.4, -0.2) is 13.4 Å². The summed E-state index contributed by atoms with van der Waals surface area (Å²) in [5, 5.41) is 0.281. The van der Waals surface area contributed by atoms with Gasteiger partial charge in [-0.05, 0) is 31.5 Å². The first kappa shape index (κ1) is 14.7. The molecule has 0 bridgehead atoms. The van der Waals surface area contributed by atoms with Gasteiger partial charge in [-0.25, -0.2) is 17.8 Å². The van der Waals surface area contributed by atoms with Gasteiger partial charge < -0.3 is 5.73 Å². The van der Waals surface area contributed by atoms with Crippen LogP contribution in [0.15, 0.2) is 23.1 Å². The molecule has 0 amide bonds. The van der Waals surface area contributed by atoms with E-state index in [1.807, 2.05) is 13.8 Å². The lowest BCUT2D eigenvalue weighted by molar-refractivity contribution is 0.600. The van der Waals surface area contributed by atoms with Gasteiger partial charge in [0.2, 0.25) is 0 Å². The van der Waals surface area contributed by atoms with Crippen molar-refractivity contribution < 1.29 is 12.8 Å². The maximum Gasteiger partial charge on any atom is 0.265 e. The van der Waals surface area contributed by atoms with Crippen LogP contribution < -0.4 is 10.5 Å². The smallest absolute Gasteiger partial charge is 0.265 e. The Morgan fingerprint density at radius 3 is 2.70 bits per heavy atom. The first-order chi connectivity index (χ1) is 9.33. The van der Waals surface area contributed by atoms with Crippen molar-refractivity contribution in [3.8, 4) is 0 Å². The number of anilines is 2. The van der Waals surface area contributed by atoms with Gasteiger partial charge in [0.15, 0.2) is 5.13 Å². The second kappa shape index (κ2) is 5.37. The Kier molecular flexibility index (Phi) is 3.96. The molecule has 0 spiro atoms. The Labute approximate surface area is 120 Å². The lowest BCUT2D eigenvalue weighted by Gasteiger charge is -2.07. The maximum absolute atomic E-state index is 13.0. The molecule has 0 aliphatic rings. The lowest BCUT2D eigenvalue weighted by atomic mass is 10.3. The highest BCUT2D eigenvalue weighted by molar-refractivity contribution is 7.93. The summed E-state index contributed by atoms with van der Waals surface area (Å²) in [6.07, 6.45) is 0.725. The number of nitrogens with two attached hydrogens (primary N) is 1. The normalized spacial score (nSPS) is 11.6. The van der Waals surface area contributed by atoms with Crippen molar-refractivity contribution in [1.29, 1.82) is 0 Å². The van der Waals surface area contributed by atoms with Gasteiger partial charge in [-0.3, -0.25) is 4.72 Å². The number of nitrogen functional groups attached to an aromatic ring is 1. The molecule has 5 nitrogen and oxygen atoms in total. The summed E-state index contributed by atoms with van der Waals surface area (Å²) in [5.74, 6) is -0.584. The number of halogens is 1. The van der Waals surface area contributed by atoms with Gasteiger partial charge in [0, 0.05) is 4.88 Å². The predicted molar refractivity (Wildman–Crippen MR) is 77.8 cm³/mol. The lowest BCUT2D eigenvalue weighted by Crippen LogP contribution is -2.14. The zero-order chi connectivity index (χ0) is 14.9. The fourth-order valence-corrected chi connectivity index (χ4v) is 3.99. The third-order valence-corrected chi connectivity index (χ3v) is 5.18. The molecule has 2 aromatic rings. The van der Waals surface area contributed by atoms with E-state index < -0.39 is 15.8 Å². The zero-order valence-corrected chi connectivity index (χ0v) is 12.6. The molecule has 0 unspecified atom stereocenters. The Hall–Kier alpha value is -1.67. The molecule has 0 fully saturated rings. The molecule has 8 heteroatoms. The number of benzene rings is 1. The molecule has 0 aliphatic carbocycles. The molecule has 20 heavy (non-hydrogen) atoms. The maximum atomic E-state index is 13.0. The average molecular weight is 315 g/mol. The minimum atomic E-state index is -3.87. The van der Waals surface area contributed by atoms with Crippen molar-refractivity contribution in [2.24, 2.45) is 0 Å². The Morgan fingerprint density at radius 1 is 1.45 bits per heavy atom. The Balaban J connectivity index is 2.35. The van der Waals surface area contributed by atoms with Crippen molar-refractivity contribution in [3.63, 3.8) is 0 Å². The number of hydrogen-bond acceptors (Lipinski definition) is 5. The van der Waals surface area contributed by atoms with E-state index in [1.54, 1.807) is 0 Å². The van der Waals surface area contributed by atoms with Gasteiger partial charge >= 0.3 is 0 Å². The Bertz CT molecular complexity index is 741. The monoisotopic (exact) mass is 315 g/mol. The van der Waals surface area contributed by atoms with Crippen LogP contribution in [-0.2, 0) is 16.4 Å². The average Bonchev–Trinajstić information content (AvgIpc) is 2.67. The van der Waals surface area contributed by atoms with Gasteiger partial charge in [-0.2, -0.15) is 0 Å². The van der Waals surface area contributed by atoms with Crippen LogP contribution in [0.2, 0.25) is 0 Å². The predicted octanol–water partition coefficient (Wildman–Crippen LogP) is 2.54. The Morgan fingerprint density at radius 2 is 2.15 bits per heavy atom. The van der Waals surface area contributed by atoms with Gasteiger partial charge in [0.1, 0.15) is 10.7 Å². The highest BCUT2D eigenvalue weighted by Gasteiger charge is 2.20. The summed E-state index contributed by atoms with van der Waals surface area (Å²) < 4.78 is 39.7. The van der Waals surface area contributed by atoms with Crippen molar-refractivity contribution in [3.05, 3.63) is 34.6 Å². The fraction of sp³-hybridized carbons (Fsp3) is 0.250. The number of sulfonamides is 1. The molecular weight excluding hydrogens is 301 g/mol. The van der Waals surface area contributed by atoms with Crippen LogP contribution in [0.25, 0.3) is 0 Å². The quantitative estimate of drug-likeness (QED) is 0.849. The van der Waals surface area contributed by atoms with Crippen LogP contribution in [0.5, 0.6) is 0 Å². The van der Waals surface area contributed by atoms with Crippen LogP contribution in [0.4, 0.5) is 15.2 Å². The molecular formula is C12H14FN3O2S2. The second-order valence-electron chi connectivity index (χ2n) is 4.16. The summed E-state index contributed by atoms with van der Waals surface area (Å²) >= 11 is 1.25. The number of nitrogens with zero attached hydrogens (tertiary/aromatic N) is 1. The number of aryl methyl sites for hydroxylation is 2. The van der Waals surface area contributed by atoms with E-state index in [-0.39, 0.29) is 15.7 Å². The SMILES string of the molecule is CCc1nc(NS(=O)(=O)c2ccc(F)cc2N)sc1C. The second-order valence-corrected chi connectivity index (χ2v) is 7.02. The van der Waals surface area contributed by atoms with E-state index in [0.29, 0.717) is 0 Å². The molecule has 108 valence electrons. The molecule has 0 atom stereocenters. The van der Waals surface area contributed by atoms with E-state index in [1.165, 1.54) is 11.3 Å². The van der Waals surface area contributed by atoms with Crippen molar-refractivity contribution >= 4 is 32.2 Å². The van der Waals surface area contributed by atoms with Gasteiger partial charge in [0.25, 0.3) is 10.0 Å². The highest BCUT2D eigenvalue weighted by atomic mass is 32.2. The summed E-state index contributed by atoms with van der Waals surface area (Å²) in [7, 11) is -3.87. The van der Waals surface area contributed by atoms with Crippen LogP contribution >= 0.6 is 11.3 Å². The van der Waals surface area contributed by atoms with Crippen molar-refractivity contribution in [1.82, 2.24) is 4.98 Å². The first-order valence-electron chi connectivity index (χ1n) is 5.87. The molecule has 0 aliphatic heterocycles. The van der Waals surface area contributed by atoms with Gasteiger partial charge in [0.05, 0.1) is 11.4 Å². The molecule has 1 aromatic carbocycles. The zero-order valence-electron chi connectivity index (χ0n) is 11.0. The van der Waals surface area contributed by atoms with E-state index in [4.69, 9.17) is 5.73 Å². The standard InChI is InChI=1S/C12H14FN3O2S2/c1-3-10-7(2)19-12(15-10)16-20(17,18)11-5-4-8(13)6-9(11)14/h4-6H,3,14H2,1-2H3,(H,15,16). The number of thiazole rings is 1. The summed E-state index contributed by atoms with van der Waals surface area (Å²) in [6, 6.07) is 3.16. The molecule has 0 saturated heterocycles. The minimum Gasteiger partial charge on any atom is -0.398 e. The highest BCUT2D eigenvalue weighted by Crippen LogP contribution is 2.27. The van der Waals surface area contributed by atoms with Crippen molar-refractivity contribution in [2.75, 3.05) is 10.5 Å². The van der Waals surface area contributed by atoms with E-state index in [2.05, 4.69) is 9.71 Å². The van der Waals surface area contributed by atoms with Crippen molar-refractivity contribution in [2.45, 2.75) is 25.2 Å². The molecule has 1 aromatic heterocycles. The summed E-state index contributed by atoms with van der Waals surface area (Å²) in [6.45, 7) is 3.82. The molecule has 2 rings (SSSR count).